The van der Waals surface area contributed by atoms with E-state index in [9.17, 15) is 4.79 Å². The molecular weight excluding hydrogens is 252 g/mol. The normalized spacial score (nSPS) is 22.5. The number of ether oxygens (including phenoxy) is 2. The van der Waals surface area contributed by atoms with Gasteiger partial charge in [-0.15, -0.1) is 0 Å². The third-order valence-corrected chi connectivity index (χ3v) is 4.18. The van der Waals surface area contributed by atoms with Crippen molar-refractivity contribution in [2.45, 2.75) is 45.1 Å². The van der Waals surface area contributed by atoms with Crippen LogP contribution in [0.25, 0.3) is 0 Å². The Hall–Kier alpha value is -1.35. The molecule has 1 aliphatic rings. The Labute approximate surface area is 121 Å². The molecule has 0 radical (unpaired) electrons. The Kier molecular flexibility index (Phi) is 5.60. The quantitative estimate of drug-likeness (QED) is 0.740. The summed E-state index contributed by atoms with van der Waals surface area (Å²) in [5.41, 5.74) is 0.660. The minimum Gasteiger partial charge on any atom is -0.497 e. The lowest BCUT2D eigenvalue weighted by atomic mass is 9.85. The van der Waals surface area contributed by atoms with E-state index >= 15 is 0 Å². The first-order valence-electron chi connectivity index (χ1n) is 7.53. The smallest absolute Gasteiger partial charge is 0.188 e. The molecule has 2 unspecified atom stereocenters. The van der Waals surface area contributed by atoms with Crippen LogP contribution in [0.1, 0.15) is 49.4 Å². The molecule has 1 fully saturated rings. The van der Waals surface area contributed by atoms with Gasteiger partial charge in [0.15, 0.2) is 5.78 Å². The van der Waals surface area contributed by atoms with Crippen molar-refractivity contribution in [2.24, 2.45) is 5.92 Å². The van der Waals surface area contributed by atoms with Gasteiger partial charge >= 0.3 is 0 Å². The Balaban J connectivity index is 1.90. The van der Waals surface area contributed by atoms with E-state index < -0.39 is 0 Å². The van der Waals surface area contributed by atoms with Crippen LogP contribution in [-0.4, -0.2) is 25.6 Å². The molecule has 0 bridgehead atoms. The molecule has 0 saturated heterocycles. The van der Waals surface area contributed by atoms with Crippen molar-refractivity contribution >= 4 is 5.78 Å². The van der Waals surface area contributed by atoms with Crippen LogP contribution < -0.4 is 4.74 Å². The number of hydrogen-bond acceptors (Lipinski definition) is 3. The predicted octanol–water partition coefficient (Wildman–Crippen LogP) is 3.86. The Morgan fingerprint density at radius 1 is 1.30 bits per heavy atom. The van der Waals surface area contributed by atoms with E-state index in [0.717, 1.165) is 12.8 Å². The molecule has 0 N–H and O–H groups in total. The molecule has 3 nitrogen and oxygen atoms in total. The summed E-state index contributed by atoms with van der Waals surface area (Å²) < 4.78 is 11.0. The standard InChI is InChI=1S/C17H24O3/c1-3-13-7-4-5-10-17(13)20-12-16(18)14-8-6-9-15(11-14)19-2/h6,8-9,11,13,17H,3-5,7,10,12H2,1-2H3. The number of Topliss-reactive ketones (excluding diaryl/α,β-unsaturated/α-hetero) is 1. The van der Waals surface area contributed by atoms with Crippen molar-refractivity contribution in [1.29, 1.82) is 0 Å². The Morgan fingerprint density at radius 2 is 2.10 bits per heavy atom. The van der Waals surface area contributed by atoms with Gasteiger partial charge in [0.25, 0.3) is 0 Å². The van der Waals surface area contributed by atoms with Gasteiger partial charge in [0, 0.05) is 5.56 Å². The van der Waals surface area contributed by atoms with Crippen LogP contribution in [0.3, 0.4) is 0 Å². The summed E-state index contributed by atoms with van der Waals surface area (Å²) in [6, 6.07) is 7.25. The van der Waals surface area contributed by atoms with Crippen molar-refractivity contribution in [3.05, 3.63) is 29.8 Å². The summed E-state index contributed by atoms with van der Waals surface area (Å²) >= 11 is 0. The van der Waals surface area contributed by atoms with Gasteiger partial charge in [-0.05, 0) is 30.9 Å². The maximum Gasteiger partial charge on any atom is 0.188 e. The molecule has 0 aromatic heterocycles. The molecule has 1 aromatic rings. The molecule has 2 rings (SSSR count). The third kappa shape index (κ3) is 3.83. The lowest BCUT2D eigenvalue weighted by Crippen LogP contribution is -2.29. The van der Waals surface area contributed by atoms with E-state index in [4.69, 9.17) is 9.47 Å². The van der Waals surface area contributed by atoms with E-state index in [1.165, 1.54) is 19.3 Å². The van der Waals surface area contributed by atoms with E-state index in [2.05, 4.69) is 6.92 Å². The lowest BCUT2D eigenvalue weighted by molar-refractivity contribution is -0.00570. The second-order valence-corrected chi connectivity index (χ2v) is 5.46. The molecular formula is C17H24O3. The van der Waals surface area contributed by atoms with Crippen LogP contribution in [0.4, 0.5) is 0 Å². The first-order valence-corrected chi connectivity index (χ1v) is 7.53. The van der Waals surface area contributed by atoms with Crippen LogP contribution in [0.5, 0.6) is 5.75 Å². The number of carbonyl (C=O) groups is 1. The van der Waals surface area contributed by atoms with Gasteiger partial charge in [-0.25, -0.2) is 0 Å². The highest BCUT2D eigenvalue weighted by Crippen LogP contribution is 2.29. The van der Waals surface area contributed by atoms with Crippen LogP contribution in [0.2, 0.25) is 0 Å². The molecule has 0 spiro atoms. The van der Waals surface area contributed by atoms with Crippen LogP contribution in [0, 0.1) is 5.92 Å². The van der Waals surface area contributed by atoms with Crippen molar-refractivity contribution in [3.8, 4) is 5.75 Å². The minimum atomic E-state index is 0.0318. The molecule has 0 aliphatic heterocycles. The van der Waals surface area contributed by atoms with Gasteiger partial charge in [0.1, 0.15) is 12.4 Å². The summed E-state index contributed by atoms with van der Waals surface area (Å²) in [7, 11) is 1.61. The molecule has 0 heterocycles. The van der Waals surface area contributed by atoms with Gasteiger partial charge in [-0.2, -0.15) is 0 Å². The number of carbonyl (C=O) groups excluding carboxylic acids is 1. The fourth-order valence-corrected chi connectivity index (χ4v) is 2.92. The number of rotatable bonds is 6. The van der Waals surface area contributed by atoms with Gasteiger partial charge in [0.05, 0.1) is 13.2 Å². The molecule has 3 heteroatoms. The molecule has 1 saturated carbocycles. The number of ketones is 1. The average Bonchev–Trinajstić information content (AvgIpc) is 2.52. The van der Waals surface area contributed by atoms with Crippen LogP contribution in [-0.2, 0) is 4.74 Å². The lowest BCUT2D eigenvalue weighted by Gasteiger charge is -2.30. The SMILES string of the molecule is CCC1CCCCC1OCC(=O)c1cccc(OC)c1. The summed E-state index contributed by atoms with van der Waals surface area (Å²) in [6.07, 6.45) is 6.22. The molecule has 1 aromatic carbocycles. The number of benzene rings is 1. The maximum absolute atomic E-state index is 12.2. The zero-order valence-corrected chi connectivity index (χ0v) is 12.4. The highest BCUT2D eigenvalue weighted by atomic mass is 16.5. The summed E-state index contributed by atoms with van der Waals surface area (Å²) in [4.78, 5) is 12.2. The molecule has 0 amide bonds. The van der Waals surface area contributed by atoms with Crippen LogP contribution in [0.15, 0.2) is 24.3 Å². The van der Waals surface area contributed by atoms with E-state index in [1.54, 1.807) is 13.2 Å². The van der Waals surface area contributed by atoms with E-state index in [1.807, 2.05) is 18.2 Å². The van der Waals surface area contributed by atoms with Crippen molar-refractivity contribution in [3.63, 3.8) is 0 Å². The van der Waals surface area contributed by atoms with E-state index in [0.29, 0.717) is 17.2 Å². The first-order chi connectivity index (χ1) is 9.74. The van der Waals surface area contributed by atoms with Crippen molar-refractivity contribution in [2.75, 3.05) is 13.7 Å². The summed E-state index contributed by atoms with van der Waals surface area (Å²) in [6.45, 7) is 2.38. The summed E-state index contributed by atoms with van der Waals surface area (Å²) in [5.74, 6) is 1.35. The molecule has 20 heavy (non-hydrogen) atoms. The largest absolute Gasteiger partial charge is 0.497 e. The van der Waals surface area contributed by atoms with Crippen molar-refractivity contribution < 1.29 is 14.3 Å². The number of methoxy groups -OCH3 is 1. The predicted molar refractivity (Wildman–Crippen MR) is 79.3 cm³/mol. The fraction of sp³-hybridized carbons (Fsp3) is 0.588. The summed E-state index contributed by atoms with van der Waals surface area (Å²) in [5, 5.41) is 0. The van der Waals surface area contributed by atoms with Gasteiger partial charge in [-0.1, -0.05) is 38.3 Å². The third-order valence-electron chi connectivity index (χ3n) is 4.18. The zero-order valence-electron chi connectivity index (χ0n) is 12.4. The Morgan fingerprint density at radius 3 is 2.85 bits per heavy atom. The highest BCUT2D eigenvalue weighted by molar-refractivity contribution is 5.97. The highest BCUT2D eigenvalue weighted by Gasteiger charge is 2.25. The average molecular weight is 276 g/mol. The van der Waals surface area contributed by atoms with Gasteiger partial charge in [0.2, 0.25) is 0 Å². The molecule has 2 atom stereocenters. The molecule has 1 aliphatic carbocycles. The van der Waals surface area contributed by atoms with Crippen LogP contribution >= 0.6 is 0 Å². The zero-order chi connectivity index (χ0) is 14.4. The Bertz CT molecular complexity index is 442. The van der Waals surface area contributed by atoms with Gasteiger partial charge < -0.3 is 9.47 Å². The second-order valence-electron chi connectivity index (χ2n) is 5.46. The fourth-order valence-electron chi connectivity index (χ4n) is 2.92. The minimum absolute atomic E-state index is 0.0318. The van der Waals surface area contributed by atoms with Gasteiger partial charge in [-0.3, -0.25) is 4.79 Å². The second kappa shape index (κ2) is 7.44. The maximum atomic E-state index is 12.2. The monoisotopic (exact) mass is 276 g/mol. The first kappa shape index (κ1) is 15.0. The topological polar surface area (TPSA) is 35.5 Å². The number of hydrogen-bond donors (Lipinski definition) is 0. The van der Waals surface area contributed by atoms with Crippen molar-refractivity contribution in [1.82, 2.24) is 0 Å². The van der Waals surface area contributed by atoms with E-state index in [-0.39, 0.29) is 18.5 Å². The molecule has 110 valence electrons.